The van der Waals surface area contributed by atoms with Crippen molar-refractivity contribution in [3.63, 3.8) is 0 Å². The predicted octanol–water partition coefficient (Wildman–Crippen LogP) is 6.70. The van der Waals surface area contributed by atoms with Crippen molar-refractivity contribution >= 4 is 34.5 Å². The number of ether oxygens (including phenoxy) is 2. The standard InChI is InChI=1S/C31H24ClN3O4/c1-38-28-13-10-22(32)16-25(28)29(27-15-20-4-2-3-5-26(20)34-27)35-17-21-7-6-19(14-24(21)30(35)36)18-8-11-23(12-9-18)39-31(33)37/h2-16,29,34H,17H2,1H3,(H2,33,37)/t29-/m1/s1. The molecule has 1 aliphatic rings. The van der Waals surface area contributed by atoms with Crippen LogP contribution in [0.25, 0.3) is 22.0 Å². The zero-order valence-electron chi connectivity index (χ0n) is 21.0. The lowest BCUT2D eigenvalue weighted by Crippen LogP contribution is -2.30. The second kappa shape index (κ2) is 9.85. The number of para-hydroxylation sites is 1. The van der Waals surface area contributed by atoms with E-state index in [0.717, 1.165) is 38.9 Å². The molecule has 3 N–H and O–H groups in total. The van der Waals surface area contributed by atoms with E-state index in [1.165, 1.54) is 0 Å². The minimum Gasteiger partial charge on any atom is -0.496 e. The Morgan fingerprint density at radius 2 is 1.74 bits per heavy atom. The van der Waals surface area contributed by atoms with Gasteiger partial charge in [-0.25, -0.2) is 4.79 Å². The molecule has 39 heavy (non-hydrogen) atoms. The molecular formula is C31H24ClN3O4. The van der Waals surface area contributed by atoms with E-state index >= 15 is 0 Å². The highest BCUT2D eigenvalue weighted by Gasteiger charge is 2.37. The van der Waals surface area contributed by atoms with Crippen LogP contribution in [0, 0.1) is 0 Å². The normalized spacial score (nSPS) is 13.4. The molecule has 2 heterocycles. The van der Waals surface area contributed by atoms with Crippen molar-refractivity contribution in [1.29, 1.82) is 0 Å². The monoisotopic (exact) mass is 537 g/mol. The number of aromatic nitrogens is 1. The summed E-state index contributed by atoms with van der Waals surface area (Å²) in [5, 5.41) is 1.61. The van der Waals surface area contributed by atoms with Crippen LogP contribution in [0.4, 0.5) is 4.79 Å². The maximum atomic E-state index is 14.0. The van der Waals surface area contributed by atoms with Crippen LogP contribution in [0.15, 0.2) is 91.0 Å². The number of benzene rings is 4. The number of hydrogen-bond acceptors (Lipinski definition) is 4. The molecule has 0 unspecified atom stereocenters. The summed E-state index contributed by atoms with van der Waals surface area (Å²) in [7, 11) is 1.61. The Labute approximate surface area is 229 Å². The SMILES string of the molecule is COc1ccc(Cl)cc1[C@H](c1cc2ccccc2[nH]1)N1Cc2ccc(-c3ccc(OC(N)=O)cc3)cc2C1=O. The molecule has 0 bridgehead atoms. The summed E-state index contributed by atoms with van der Waals surface area (Å²) in [6.45, 7) is 0.426. The smallest absolute Gasteiger partial charge is 0.409 e. The Hall–Kier alpha value is -4.75. The Morgan fingerprint density at radius 1 is 0.974 bits per heavy atom. The van der Waals surface area contributed by atoms with E-state index in [-0.39, 0.29) is 5.91 Å². The van der Waals surface area contributed by atoms with Gasteiger partial charge in [0.2, 0.25) is 0 Å². The van der Waals surface area contributed by atoms with Gasteiger partial charge in [0, 0.05) is 33.9 Å². The Morgan fingerprint density at radius 3 is 2.49 bits per heavy atom. The largest absolute Gasteiger partial charge is 0.496 e. The van der Waals surface area contributed by atoms with Crippen LogP contribution < -0.4 is 15.2 Å². The van der Waals surface area contributed by atoms with Crippen LogP contribution >= 0.6 is 11.6 Å². The number of methoxy groups -OCH3 is 1. The number of nitrogens with one attached hydrogen (secondary N) is 1. The molecule has 1 aromatic heterocycles. The molecule has 1 atom stereocenters. The first-order chi connectivity index (χ1) is 18.9. The molecule has 0 aliphatic carbocycles. The number of carbonyl (C=O) groups excluding carboxylic acids is 2. The number of hydrogen-bond donors (Lipinski definition) is 2. The average molecular weight is 538 g/mol. The van der Waals surface area contributed by atoms with Gasteiger partial charge in [0.1, 0.15) is 17.5 Å². The summed E-state index contributed by atoms with van der Waals surface area (Å²) in [4.78, 5) is 30.4. The lowest BCUT2D eigenvalue weighted by atomic mass is 10.00. The van der Waals surface area contributed by atoms with Crippen LogP contribution in [0.5, 0.6) is 11.5 Å². The Balaban J connectivity index is 1.40. The van der Waals surface area contributed by atoms with Gasteiger partial charge in [-0.15, -0.1) is 0 Å². The van der Waals surface area contributed by atoms with Gasteiger partial charge in [-0.2, -0.15) is 0 Å². The third-order valence-corrected chi connectivity index (χ3v) is 7.23. The minimum atomic E-state index is -0.869. The summed E-state index contributed by atoms with van der Waals surface area (Å²) in [5.74, 6) is 0.906. The van der Waals surface area contributed by atoms with Gasteiger partial charge in [0.15, 0.2) is 0 Å². The summed E-state index contributed by atoms with van der Waals surface area (Å²) in [5.41, 5.74) is 11.1. The van der Waals surface area contributed by atoms with E-state index < -0.39 is 12.1 Å². The second-order valence-electron chi connectivity index (χ2n) is 9.35. The van der Waals surface area contributed by atoms with Crippen molar-refractivity contribution in [3.8, 4) is 22.6 Å². The molecule has 0 saturated carbocycles. The Bertz CT molecular complexity index is 1700. The number of nitrogens with zero attached hydrogens (tertiary/aromatic N) is 1. The Kier molecular flexibility index (Phi) is 6.21. The van der Waals surface area contributed by atoms with Gasteiger partial charge < -0.3 is 25.1 Å². The van der Waals surface area contributed by atoms with E-state index in [1.807, 2.05) is 71.6 Å². The highest BCUT2D eigenvalue weighted by Crippen LogP contribution is 2.41. The maximum Gasteiger partial charge on any atom is 0.409 e. The number of H-pyrrole nitrogens is 1. The topological polar surface area (TPSA) is 97.6 Å². The summed E-state index contributed by atoms with van der Waals surface area (Å²) in [6, 6.07) is 27.9. The summed E-state index contributed by atoms with van der Waals surface area (Å²) < 4.78 is 10.6. The van der Waals surface area contributed by atoms with E-state index in [0.29, 0.717) is 28.6 Å². The fraction of sp³-hybridized carbons (Fsp3) is 0.0968. The van der Waals surface area contributed by atoms with Crippen LogP contribution in [0.1, 0.15) is 33.2 Å². The van der Waals surface area contributed by atoms with Gasteiger partial charge in [-0.3, -0.25) is 4.79 Å². The van der Waals surface area contributed by atoms with Crippen molar-refractivity contribution in [2.24, 2.45) is 5.73 Å². The third kappa shape index (κ3) is 4.57. The molecule has 0 saturated heterocycles. The fourth-order valence-electron chi connectivity index (χ4n) is 5.21. The number of fused-ring (bicyclic) bond motifs is 2. The van der Waals surface area contributed by atoms with Crippen LogP contribution in [0.3, 0.4) is 0 Å². The van der Waals surface area contributed by atoms with E-state index in [2.05, 4.69) is 11.1 Å². The average Bonchev–Trinajstić information content (AvgIpc) is 3.50. The number of amides is 2. The lowest BCUT2D eigenvalue weighted by molar-refractivity contribution is 0.0726. The molecule has 1 aliphatic heterocycles. The number of rotatable bonds is 6. The van der Waals surface area contributed by atoms with Crippen molar-refractivity contribution < 1.29 is 19.1 Å². The maximum absolute atomic E-state index is 14.0. The first kappa shape index (κ1) is 24.6. The van der Waals surface area contributed by atoms with Gasteiger partial charge in [-0.1, -0.05) is 54.1 Å². The zero-order valence-corrected chi connectivity index (χ0v) is 21.7. The quantitative estimate of drug-likeness (QED) is 0.252. The molecule has 0 spiro atoms. The molecule has 0 radical (unpaired) electrons. The first-order valence-corrected chi connectivity index (χ1v) is 12.7. The van der Waals surface area contributed by atoms with Crippen molar-refractivity contribution in [2.75, 3.05) is 7.11 Å². The minimum absolute atomic E-state index is 0.0915. The fourth-order valence-corrected chi connectivity index (χ4v) is 5.39. The number of aromatic amines is 1. The molecule has 0 fully saturated rings. The van der Waals surface area contributed by atoms with Crippen LogP contribution in [0.2, 0.25) is 5.02 Å². The van der Waals surface area contributed by atoms with Crippen molar-refractivity contribution in [3.05, 3.63) is 118 Å². The van der Waals surface area contributed by atoms with Gasteiger partial charge in [0.05, 0.1) is 7.11 Å². The highest BCUT2D eigenvalue weighted by molar-refractivity contribution is 6.30. The summed E-state index contributed by atoms with van der Waals surface area (Å²) in [6.07, 6.45) is -0.869. The van der Waals surface area contributed by atoms with E-state index in [1.54, 1.807) is 25.3 Å². The molecule has 194 valence electrons. The molecule has 6 rings (SSSR count). The predicted molar refractivity (Wildman–Crippen MR) is 150 cm³/mol. The van der Waals surface area contributed by atoms with E-state index in [9.17, 15) is 9.59 Å². The van der Waals surface area contributed by atoms with Crippen LogP contribution in [-0.2, 0) is 6.54 Å². The van der Waals surface area contributed by atoms with Crippen molar-refractivity contribution in [2.45, 2.75) is 12.6 Å². The van der Waals surface area contributed by atoms with Gasteiger partial charge in [0.25, 0.3) is 5.91 Å². The molecule has 2 amide bonds. The van der Waals surface area contributed by atoms with Crippen LogP contribution in [-0.4, -0.2) is 29.0 Å². The number of carbonyl (C=O) groups is 2. The zero-order chi connectivity index (χ0) is 27.1. The molecule has 5 aromatic rings. The molecule has 4 aromatic carbocycles. The number of halogens is 1. The van der Waals surface area contributed by atoms with E-state index in [4.69, 9.17) is 26.8 Å². The van der Waals surface area contributed by atoms with Gasteiger partial charge in [-0.05, 0) is 70.6 Å². The number of primary amides is 1. The first-order valence-electron chi connectivity index (χ1n) is 12.3. The summed E-state index contributed by atoms with van der Waals surface area (Å²) >= 11 is 6.44. The van der Waals surface area contributed by atoms with Crippen molar-refractivity contribution in [1.82, 2.24) is 9.88 Å². The highest BCUT2D eigenvalue weighted by atomic mass is 35.5. The number of nitrogens with two attached hydrogens (primary N) is 1. The molecule has 8 heteroatoms. The third-order valence-electron chi connectivity index (χ3n) is 6.99. The lowest BCUT2D eigenvalue weighted by Gasteiger charge is -2.29. The van der Waals surface area contributed by atoms with Gasteiger partial charge >= 0.3 is 6.09 Å². The second-order valence-corrected chi connectivity index (χ2v) is 9.79. The molecule has 7 nitrogen and oxygen atoms in total. The molecular weight excluding hydrogens is 514 g/mol.